The van der Waals surface area contributed by atoms with Crippen LogP contribution in [-0.4, -0.2) is 17.0 Å². The van der Waals surface area contributed by atoms with Crippen LogP contribution < -0.4 is 9.47 Å². The van der Waals surface area contributed by atoms with E-state index < -0.39 is 0 Å². The lowest BCUT2D eigenvalue weighted by Gasteiger charge is -2.01. The third-order valence-electron chi connectivity index (χ3n) is 2.19. The maximum atomic E-state index is 5.38. The fraction of sp³-hybridized carbons (Fsp3) is 0.100. The lowest BCUT2D eigenvalue weighted by atomic mass is 10.1. The van der Waals surface area contributed by atoms with E-state index in [2.05, 4.69) is 10.2 Å². The average Bonchev–Trinajstić information content (AvgIpc) is 2.88. The Bertz CT molecular complexity index is 451. The first-order valence-electron chi connectivity index (χ1n) is 4.33. The van der Waals surface area contributed by atoms with Gasteiger partial charge in [0.15, 0.2) is 11.5 Å². The standard InChI is InChI=1S/C10H8N2O2/c1-2-7(8-4-5-11-12-8)10-9(3-1)13-6-14-10/h1-5H,6H2,(H,11,12). The molecule has 14 heavy (non-hydrogen) atoms. The van der Waals surface area contributed by atoms with Crippen LogP contribution in [0.2, 0.25) is 0 Å². The summed E-state index contributed by atoms with van der Waals surface area (Å²) in [6.07, 6.45) is 1.71. The number of aromatic nitrogens is 2. The molecule has 4 heteroatoms. The Balaban J connectivity index is 2.20. The second kappa shape index (κ2) is 2.77. The van der Waals surface area contributed by atoms with Crippen LogP contribution in [-0.2, 0) is 0 Å². The van der Waals surface area contributed by atoms with Gasteiger partial charge >= 0.3 is 0 Å². The highest BCUT2D eigenvalue weighted by molar-refractivity contribution is 5.71. The zero-order valence-electron chi connectivity index (χ0n) is 7.36. The van der Waals surface area contributed by atoms with Gasteiger partial charge in [-0.25, -0.2) is 0 Å². The normalized spacial score (nSPS) is 13.1. The van der Waals surface area contributed by atoms with Gasteiger partial charge in [-0.05, 0) is 18.2 Å². The third-order valence-corrected chi connectivity index (χ3v) is 2.19. The van der Waals surface area contributed by atoms with Crippen molar-refractivity contribution >= 4 is 0 Å². The Morgan fingerprint density at radius 1 is 1.21 bits per heavy atom. The minimum Gasteiger partial charge on any atom is -0.454 e. The second-order valence-electron chi connectivity index (χ2n) is 3.01. The number of aromatic amines is 1. The SMILES string of the molecule is c1cc2c(c(-c3ccn[nH]3)c1)OCO2. The average molecular weight is 188 g/mol. The second-order valence-corrected chi connectivity index (χ2v) is 3.01. The third kappa shape index (κ3) is 0.970. The van der Waals surface area contributed by atoms with Crippen LogP contribution in [0.1, 0.15) is 0 Å². The monoisotopic (exact) mass is 188 g/mol. The van der Waals surface area contributed by atoms with E-state index in [1.165, 1.54) is 0 Å². The number of hydrogen-bond acceptors (Lipinski definition) is 3. The fourth-order valence-electron chi connectivity index (χ4n) is 1.55. The number of fused-ring (bicyclic) bond motifs is 1. The molecule has 0 saturated heterocycles. The van der Waals surface area contributed by atoms with Gasteiger partial charge in [0.2, 0.25) is 6.79 Å². The van der Waals surface area contributed by atoms with Gasteiger partial charge in [0.1, 0.15) is 0 Å². The van der Waals surface area contributed by atoms with Gasteiger partial charge < -0.3 is 9.47 Å². The smallest absolute Gasteiger partial charge is 0.231 e. The van der Waals surface area contributed by atoms with Crippen molar-refractivity contribution in [3.63, 3.8) is 0 Å². The molecule has 1 aromatic heterocycles. The van der Waals surface area contributed by atoms with E-state index in [1.807, 2.05) is 24.3 Å². The van der Waals surface area contributed by atoms with Crippen LogP contribution in [0.4, 0.5) is 0 Å². The summed E-state index contributed by atoms with van der Waals surface area (Å²) >= 11 is 0. The number of ether oxygens (including phenoxy) is 2. The zero-order valence-corrected chi connectivity index (χ0v) is 7.36. The molecule has 1 aliphatic rings. The molecule has 0 saturated carbocycles. The van der Waals surface area contributed by atoms with Crippen molar-refractivity contribution in [1.29, 1.82) is 0 Å². The molecule has 1 N–H and O–H groups in total. The van der Waals surface area contributed by atoms with E-state index in [4.69, 9.17) is 9.47 Å². The number of nitrogens with one attached hydrogen (secondary N) is 1. The summed E-state index contributed by atoms with van der Waals surface area (Å²) in [5.41, 5.74) is 1.92. The summed E-state index contributed by atoms with van der Waals surface area (Å²) in [6.45, 7) is 0.292. The zero-order chi connectivity index (χ0) is 9.38. The topological polar surface area (TPSA) is 47.1 Å². The fourth-order valence-corrected chi connectivity index (χ4v) is 1.55. The summed E-state index contributed by atoms with van der Waals surface area (Å²) in [7, 11) is 0. The Morgan fingerprint density at radius 2 is 2.21 bits per heavy atom. The quantitative estimate of drug-likeness (QED) is 0.742. The van der Waals surface area contributed by atoms with Crippen molar-refractivity contribution < 1.29 is 9.47 Å². The first-order valence-corrected chi connectivity index (χ1v) is 4.33. The number of hydrogen-bond donors (Lipinski definition) is 1. The number of benzene rings is 1. The first kappa shape index (κ1) is 7.44. The number of para-hydroxylation sites is 1. The maximum absolute atomic E-state index is 5.38. The molecule has 1 aromatic carbocycles. The largest absolute Gasteiger partial charge is 0.454 e. The summed E-state index contributed by atoms with van der Waals surface area (Å²) in [5, 5.41) is 6.80. The van der Waals surface area contributed by atoms with Crippen LogP contribution in [0.5, 0.6) is 11.5 Å². The van der Waals surface area contributed by atoms with E-state index >= 15 is 0 Å². The number of nitrogens with zero attached hydrogens (tertiary/aromatic N) is 1. The van der Waals surface area contributed by atoms with Gasteiger partial charge in [-0.15, -0.1) is 0 Å². The van der Waals surface area contributed by atoms with Crippen molar-refractivity contribution in [2.75, 3.05) is 6.79 Å². The lowest BCUT2D eigenvalue weighted by Crippen LogP contribution is -1.93. The number of rotatable bonds is 1. The molecule has 0 amide bonds. The maximum Gasteiger partial charge on any atom is 0.231 e. The molecule has 0 unspecified atom stereocenters. The Kier molecular flexibility index (Phi) is 1.47. The van der Waals surface area contributed by atoms with Crippen LogP contribution in [0, 0.1) is 0 Å². The van der Waals surface area contributed by atoms with Gasteiger partial charge in [-0.3, -0.25) is 5.10 Å². The van der Waals surface area contributed by atoms with Crippen molar-refractivity contribution in [3.8, 4) is 22.8 Å². The van der Waals surface area contributed by atoms with E-state index in [1.54, 1.807) is 6.20 Å². The summed E-state index contributed by atoms with van der Waals surface area (Å²) in [5.74, 6) is 1.58. The minimum atomic E-state index is 0.292. The molecule has 0 radical (unpaired) electrons. The van der Waals surface area contributed by atoms with Gasteiger partial charge in [0.05, 0.1) is 5.69 Å². The summed E-state index contributed by atoms with van der Waals surface area (Å²) in [6, 6.07) is 7.70. The first-order chi connectivity index (χ1) is 6.95. The van der Waals surface area contributed by atoms with Crippen molar-refractivity contribution in [2.45, 2.75) is 0 Å². The molecule has 0 fully saturated rings. The van der Waals surface area contributed by atoms with Gasteiger partial charge in [-0.2, -0.15) is 5.10 Å². The number of H-pyrrole nitrogens is 1. The molecule has 0 spiro atoms. The summed E-state index contributed by atoms with van der Waals surface area (Å²) in [4.78, 5) is 0. The Labute approximate surface area is 80.5 Å². The molecule has 4 nitrogen and oxygen atoms in total. The van der Waals surface area contributed by atoms with Crippen molar-refractivity contribution in [2.24, 2.45) is 0 Å². The van der Waals surface area contributed by atoms with E-state index in [0.717, 1.165) is 22.8 Å². The molecule has 0 aliphatic carbocycles. The molecule has 0 bridgehead atoms. The predicted octanol–water partition coefficient (Wildman–Crippen LogP) is 1.81. The van der Waals surface area contributed by atoms with Crippen molar-refractivity contribution in [3.05, 3.63) is 30.5 Å². The molecule has 0 atom stereocenters. The van der Waals surface area contributed by atoms with E-state index in [-0.39, 0.29) is 0 Å². The highest BCUT2D eigenvalue weighted by Gasteiger charge is 2.18. The molecular weight excluding hydrogens is 180 g/mol. The van der Waals surface area contributed by atoms with Crippen LogP contribution >= 0.6 is 0 Å². The lowest BCUT2D eigenvalue weighted by molar-refractivity contribution is 0.174. The molecule has 2 heterocycles. The highest BCUT2D eigenvalue weighted by Crippen LogP contribution is 2.40. The minimum absolute atomic E-state index is 0.292. The van der Waals surface area contributed by atoms with Crippen molar-refractivity contribution in [1.82, 2.24) is 10.2 Å². The van der Waals surface area contributed by atoms with Crippen LogP contribution in [0.25, 0.3) is 11.3 Å². The summed E-state index contributed by atoms with van der Waals surface area (Å²) < 4.78 is 10.7. The molecule has 3 rings (SSSR count). The van der Waals surface area contributed by atoms with Gasteiger partial charge in [-0.1, -0.05) is 6.07 Å². The van der Waals surface area contributed by atoms with Crippen LogP contribution in [0.3, 0.4) is 0 Å². The van der Waals surface area contributed by atoms with E-state index in [9.17, 15) is 0 Å². The van der Waals surface area contributed by atoms with Gasteiger partial charge in [0.25, 0.3) is 0 Å². The molecular formula is C10H8N2O2. The molecule has 2 aromatic rings. The van der Waals surface area contributed by atoms with Gasteiger partial charge in [0, 0.05) is 11.8 Å². The van der Waals surface area contributed by atoms with E-state index in [0.29, 0.717) is 6.79 Å². The predicted molar refractivity (Wildman–Crippen MR) is 50.1 cm³/mol. The Hall–Kier alpha value is -1.97. The molecule has 1 aliphatic heterocycles. The highest BCUT2D eigenvalue weighted by atomic mass is 16.7. The molecule has 70 valence electrons. The van der Waals surface area contributed by atoms with Crippen LogP contribution in [0.15, 0.2) is 30.5 Å². The Morgan fingerprint density at radius 3 is 3.07 bits per heavy atom.